The average Bonchev–Trinajstić information content (AvgIpc) is 3.18. The minimum atomic E-state index is -0.0620. The second-order valence-electron chi connectivity index (χ2n) is 7.38. The fourth-order valence-electron chi connectivity index (χ4n) is 3.93. The Morgan fingerprint density at radius 1 is 1.00 bits per heavy atom. The number of nitrogens with one attached hydrogen (secondary N) is 1. The monoisotopic (exact) mass is 387 g/mol. The minimum absolute atomic E-state index is 0.0620. The van der Waals surface area contributed by atoms with E-state index in [1.807, 2.05) is 36.4 Å². The van der Waals surface area contributed by atoms with Gasteiger partial charge in [-0.05, 0) is 56.0 Å². The first-order chi connectivity index (χ1) is 14.3. The van der Waals surface area contributed by atoms with Crippen molar-refractivity contribution in [1.82, 2.24) is 19.7 Å². The number of benzene rings is 1. The molecule has 1 aromatic carbocycles. The van der Waals surface area contributed by atoms with Gasteiger partial charge in [-0.15, -0.1) is 0 Å². The van der Waals surface area contributed by atoms with Gasteiger partial charge in [0, 0.05) is 30.1 Å². The fourth-order valence-corrected chi connectivity index (χ4v) is 3.93. The van der Waals surface area contributed by atoms with E-state index in [0.29, 0.717) is 6.01 Å². The molecule has 0 spiro atoms. The molecule has 7 nitrogen and oxygen atoms in total. The third-order valence-electron chi connectivity index (χ3n) is 5.45. The second kappa shape index (κ2) is 7.50. The summed E-state index contributed by atoms with van der Waals surface area (Å²) < 4.78 is 7.41. The SMILES string of the molecule is O=c1ccc(-c2cccnc2)nn1C1CCC(Nc2nc3ccccc3o2)CC1. The highest BCUT2D eigenvalue weighted by molar-refractivity contribution is 5.74. The van der Waals surface area contributed by atoms with Crippen LogP contribution in [0, 0.1) is 0 Å². The number of hydrogen-bond donors (Lipinski definition) is 1. The molecule has 3 heterocycles. The molecule has 1 aliphatic rings. The molecule has 1 saturated carbocycles. The maximum Gasteiger partial charge on any atom is 0.295 e. The molecule has 0 amide bonds. The van der Waals surface area contributed by atoms with Crippen LogP contribution in [0.3, 0.4) is 0 Å². The third-order valence-corrected chi connectivity index (χ3v) is 5.45. The van der Waals surface area contributed by atoms with E-state index in [1.165, 1.54) is 0 Å². The van der Waals surface area contributed by atoms with Crippen molar-refractivity contribution in [2.45, 2.75) is 37.8 Å². The van der Waals surface area contributed by atoms with Crippen LogP contribution in [-0.2, 0) is 0 Å². The van der Waals surface area contributed by atoms with E-state index in [1.54, 1.807) is 29.2 Å². The minimum Gasteiger partial charge on any atom is -0.424 e. The molecule has 0 aliphatic heterocycles. The van der Waals surface area contributed by atoms with E-state index in [2.05, 4.69) is 20.4 Å². The zero-order valence-electron chi connectivity index (χ0n) is 15.9. The Morgan fingerprint density at radius 3 is 2.66 bits per heavy atom. The zero-order chi connectivity index (χ0) is 19.6. The molecule has 0 radical (unpaired) electrons. The number of aromatic nitrogens is 4. The van der Waals surface area contributed by atoms with Crippen LogP contribution in [0.25, 0.3) is 22.4 Å². The van der Waals surface area contributed by atoms with Crippen molar-refractivity contribution in [2.24, 2.45) is 0 Å². The number of nitrogens with zero attached hydrogens (tertiary/aromatic N) is 4. The first kappa shape index (κ1) is 17.6. The largest absolute Gasteiger partial charge is 0.424 e. The van der Waals surface area contributed by atoms with Gasteiger partial charge in [0.25, 0.3) is 11.6 Å². The molecular weight excluding hydrogens is 366 g/mol. The van der Waals surface area contributed by atoms with Gasteiger partial charge in [-0.25, -0.2) is 4.68 Å². The lowest BCUT2D eigenvalue weighted by atomic mass is 9.91. The highest BCUT2D eigenvalue weighted by Crippen LogP contribution is 2.30. The van der Waals surface area contributed by atoms with Crippen LogP contribution >= 0.6 is 0 Å². The molecule has 5 rings (SSSR count). The Bertz CT molecular complexity index is 1140. The molecule has 0 unspecified atom stereocenters. The smallest absolute Gasteiger partial charge is 0.295 e. The second-order valence-corrected chi connectivity index (χ2v) is 7.38. The normalized spacial score (nSPS) is 19.3. The summed E-state index contributed by atoms with van der Waals surface area (Å²) in [5, 5.41) is 8.02. The van der Waals surface area contributed by atoms with Gasteiger partial charge in [0.2, 0.25) is 0 Å². The van der Waals surface area contributed by atoms with Crippen molar-refractivity contribution in [3.8, 4) is 11.3 Å². The van der Waals surface area contributed by atoms with E-state index in [9.17, 15) is 4.79 Å². The third kappa shape index (κ3) is 3.63. The number of fused-ring (bicyclic) bond motifs is 1. The summed E-state index contributed by atoms with van der Waals surface area (Å²) in [6, 6.07) is 15.8. The molecule has 1 fully saturated rings. The number of pyridine rings is 1. The maximum atomic E-state index is 12.4. The van der Waals surface area contributed by atoms with E-state index in [0.717, 1.165) is 48.0 Å². The lowest BCUT2D eigenvalue weighted by molar-refractivity contribution is 0.302. The molecule has 1 aliphatic carbocycles. The maximum absolute atomic E-state index is 12.4. The van der Waals surface area contributed by atoms with Crippen LogP contribution in [0.2, 0.25) is 0 Å². The Kier molecular flexibility index (Phi) is 4.56. The molecule has 0 atom stereocenters. The van der Waals surface area contributed by atoms with E-state index in [4.69, 9.17) is 4.42 Å². The summed E-state index contributed by atoms with van der Waals surface area (Å²) in [6.07, 6.45) is 7.09. The van der Waals surface area contributed by atoms with Gasteiger partial charge in [-0.3, -0.25) is 9.78 Å². The summed E-state index contributed by atoms with van der Waals surface area (Å²) >= 11 is 0. The number of oxazole rings is 1. The molecule has 3 aromatic heterocycles. The van der Waals surface area contributed by atoms with Crippen LogP contribution in [0.1, 0.15) is 31.7 Å². The molecule has 29 heavy (non-hydrogen) atoms. The van der Waals surface area contributed by atoms with Gasteiger partial charge in [0.1, 0.15) is 5.52 Å². The summed E-state index contributed by atoms with van der Waals surface area (Å²) in [4.78, 5) is 21.1. The van der Waals surface area contributed by atoms with Gasteiger partial charge < -0.3 is 9.73 Å². The summed E-state index contributed by atoms with van der Waals surface area (Å²) in [7, 11) is 0. The van der Waals surface area contributed by atoms with Gasteiger partial charge >= 0.3 is 0 Å². The van der Waals surface area contributed by atoms with Crippen LogP contribution in [0.15, 0.2) is 70.1 Å². The van der Waals surface area contributed by atoms with Crippen LogP contribution in [0.5, 0.6) is 0 Å². The quantitative estimate of drug-likeness (QED) is 0.569. The summed E-state index contributed by atoms with van der Waals surface area (Å²) in [6.45, 7) is 0. The van der Waals surface area contributed by atoms with Crippen molar-refractivity contribution in [3.05, 3.63) is 71.3 Å². The Labute approximate surface area is 167 Å². The van der Waals surface area contributed by atoms with Gasteiger partial charge in [-0.1, -0.05) is 12.1 Å². The number of rotatable bonds is 4. The van der Waals surface area contributed by atoms with Crippen molar-refractivity contribution >= 4 is 17.1 Å². The van der Waals surface area contributed by atoms with Gasteiger partial charge in [-0.2, -0.15) is 10.1 Å². The first-order valence-corrected chi connectivity index (χ1v) is 9.89. The Hall–Kier alpha value is -3.48. The van der Waals surface area contributed by atoms with Crippen LogP contribution in [0.4, 0.5) is 6.01 Å². The lowest BCUT2D eigenvalue weighted by Gasteiger charge is -2.29. The molecule has 0 bridgehead atoms. The van der Waals surface area contributed by atoms with E-state index in [-0.39, 0.29) is 17.6 Å². The van der Waals surface area contributed by atoms with Gasteiger partial charge in [0.15, 0.2) is 5.58 Å². The predicted molar refractivity (Wildman–Crippen MR) is 111 cm³/mol. The van der Waals surface area contributed by atoms with E-state index < -0.39 is 0 Å². The van der Waals surface area contributed by atoms with Crippen molar-refractivity contribution < 1.29 is 4.42 Å². The molecule has 1 N–H and O–H groups in total. The molecule has 146 valence electrons. The zero-order valence-corrected chi connectivity index (χ0v) is 15.9. The van der Waals surface area contributed by atoms with Crippen molar-refractivity contribution in [3.63, 3.8) is 0 Å². The summed E-state index contributed by atoms with van der Waals surface area (Å²) in [5.74, 6) is 0. The summed E-state index contributed by atoms with van der Waals surface area (Å²) in [5.41, 5.74) is 3.25. The van der Waals surface area contributed by atoms with Gasteiger partial charge in [0.05, 0.1) is 11.7 Å². The van der Waals surface area contributed by atoms with Crippen molar-refractivity contribution in [1.29, 1.82) is 0 Å². The lowest BCUT2D eigenvalue weighted by Crippen LogP contribution is -2.33. The van der Waals surface area contributed by atoms with Crippen molar-refractivity contribution in [2.75, 3.05) is 5.32 Å². The Morgan fingerprint density at radius 2 is 1.86 bits per heavy atom. The number of anilines is 1. The predicted octanol–water partition coefficient (Wildman–Crippen LogP) is 4.04. The molecule has 0 saturated heterocycles. The van der Waals surface area contributed by atoms with Crippen LogP contribution < -0.4 is 10.9 Å². The molecule has 4 aromatic rings. The standard InChI is InChI=1S/C22H21N5O2/c28-21-12-11-18(15-4-3-13-23-14-15)26-27(21)17-9-7-16(8-10-17)24-22-25-19-5-1-2-6-20(19)29-22/h1-6,11-14,16-17H,7-10H2,(H,24,25). The Balaban J connectivity index is 1.28. The number of para-hydroxylation sites is 2. The average molecular weight is 387 g/mol. The molecular formula is C22H21N5O2. The topological polar surface area (TPSA) is 85.8 Å². The van der Waals surface area contributed by atoms with Crippen LogP contribution in [-0.4, -0.2) is 25.8 Å². The first-order valence-electron chi connectivity index (χ1n) is 9.89. The number of hydrogen-bond acceptors (Lipinski definition) is 6. The fraction of sp³-hybridized carbons (Fsp3) is 0.273. The highest BCUT2D eigenvalue weighted by Gasteiger charge is 2.25. The molecule has 7 heteroatoms. The van der Waals surface area contributed by atoms with E-state index >= 15 is 0 Å². The highest BCUT2D eigenvalue weighted by atomic mass is 16.4.